The standard InChI is InChI=1S/C22H22BrN3O2/c1-26-11-10-24-21(26)20(14-6-8-17(28-2)9-7-14)25-22(27)19-13-18(19)15-4-3-5-16(23)12-15/h3-12,18-20H,13H2,1-2H3,(H,25,27). The number of hydrogen-bond donors (Lipinski definition) is 1. The van der Waals surface area contributed by atoms with Crippen LogP contribution in [0.4, 0.5) is 0 Å². The molecule has 3 aromatic rings. The number of benzene rings is 2. The Bertz CT molecular complexity index is 983. The van der Waals surface area contributed by atoms with Gasteiger partial charge in [0.2, 0.25) is 5.91 Å². The molecule has 5 nitrogen and oxygen atoms in total. The molecular formula is C22H22BrN3O2. The fourth-order valence-electron chi connectivity index (χ4n) is 3.59. The van der Waals surface area contributed by atoms with Crippen molar-refractivity contribution in [1.29, 1.82) is 0 Å². The number of carbonyl (C=O) groups is 1. The third kappa shape index (κ3) is 3.83. The minimum absolute atomic E-state index is 0.00434. The van der Waals surface area contributed by atoms with Gasteiger partial charge in [0.25, 0.3) is 0 Å². The quantitative estimate of drug-likeness (QED) is 0.625. The Hall–Kier alpha value is -2.60. The first-order valence-corrected chi connectivity index (χ1v) is 10.0. The molecule has 1 N–H and O–H groups in total. The van der Waals surface area contributed by atoms with Gasteiger partial charge in [-0.05, 0) is 47.7 Å². The first-order valence-electron chi connectivity index (χ1n) is 9.24. The molecule has 1 saturated carbocycles. The summed E-state index contributed by atoms with van der Waals surface area (Å²) in [5.74, 6) is 1.92. The first kappa shape index (κ1) is 18.7. The molecule has 3 atom stereocenters. The van der Waals surface area contributed by atoms with Gasteiger partial charge < -0.3 is 14.6 Å². The molecule has 0 spiro atoms. The van der Waals surface area contributed by atoms with E-state index in [-0.39, 0.29) is 23.8 Å². The summed E-state index contributed by atoms with van der Waals surface area (Å²) in [5.41, 5.74) is 2.18. The number of amides is 1. The zero-order valence-corrected chi connectivity index (χ0v) is 17.4. The van der Waals surface area contributed by atoms with Crippen molar-refractivity contribution in [2.24, 2.45) is 13.0 Å². The topological polar surface area (TPSA) is 56.1 Å². The van der Waals surface area contributed by atoms with Gasteiger partial charge in [-0.2, -0.15) is 0 Å². The normalized spacial score (nSPS) is 19.1. The largest absolute Gasteiger partial charge is 0.497 e. The first-order chi connectivity index (χ1) is 13.6. The summed E-state index contributed by atoms with van der Waals surface area (Å²) in [6.07, 6.45) is 4.51. The molecule has 1 amide bonds. The summed E-state index contributed by atoms with van der Waals surface area (Å²) in [6.45, 7) is 0. The third-order valence-electron chi connectivity index (χ3n) is 5.26. The maximum Gasteiger partial charge on any atom is 0.224 e. The van der Waals surface area contributed by atoms with Gasteiger partial charge in [0.05, 0.1) is 7.11 Å². The van der Waals surface area contributed by atoms with E-state index in [0.29, 0.717) is 0 Å². The molecule has 1 aliphatic carbocycles. The van der Waals surface area contributed by atoms with E-state index in [1.54, 1.807) is 13.3 Å². The average molecular weight is 440 g/mol. The number of aryl methyl sites for hydroxylation is 1. The lowest BCUT2D eigenvalue weighted by molar-refractivity contribution is -0.123. The van der Waals surface area contributed by atoms with E-state index >= 15 is 0 Å². The lowest BCUT2D eigenvalue weighted by Crippen LogP contribution is -2.32. The number of hydrogen-bond acceptors (Lipinski definition) is 3. The summed E-state index contributed by atoms with van der Waals surface area (Å²) in [5, 5.41) is 3.22. The summed E-state index contributed by atoms with van der Waals surface area (Å²) < 4.78 is 8.23. The van der Waals surface area contributed by atoms with Gasteiger partial charge in [-0.25, -0.2) is 4.98 Å². The van der Waals surface area contributed by atoms with Crippen LogP contribution in [0.5, 0.6) is 5.75 Å². The molecule has 0 radical (unpaired) electrons. The van der Waals surface area contributed by atoms with Crippen LogP contribution in [-0.2, 0) is 11.8 Å². The van der Waals surface area contributed by atoms with Crippen molar-refractivity contribution in [3.8, 4) is 5.75 Å². The second-order valence-corrected chi connectivity index (χ2v) is 8.03. The number of imidazole rings is 1. The maximum atomic E-state index is 13.0. The molecule has 1 heterocycles. The number of carbonyl (C=O) groups excluding carboxylic acids is 1. The number of nitrogens with zero attached hydrogens (tertiary/aromatic N) is 2. The summed E-state index contributed by atoms with van der Waals surface area (Å²) in [6, 6.07) is 15.6. The van der Waals surface area contributed by atoms with Crippen LogP contribution in [0.15, 0.2) is 65.4 Å². The van der Waals surface area contributed by atoms with E-state index in [1.807, 2.05) is 54.2 Å². The highest BCUT2D eigenvalue weighted by Crippen LogP contribution is 2.48. The molecule has 3 unspecified atom stereocenters. The number of ether oxygens (including phenoxy) is 1. The maximum absolute atomic E-state index is 13.0. The lowest BCUT2D eigenvalue weighted by Gasteiger charge is -2.19. The van der Waals surface area contributed by atoms with Crippen molar-refractivity contribution in [2.75, 3.05) is 7.11 Å². The molecule has 28 heavy (non-hydrogen) atoms. The Balaban J connectivity index is 1.54. The Labute approximate surface area is 172 Å². The van der Waals surface area contributed by atoms with Gasteiger partial charge in [0, 0.05) is 29.8 Å². The van der Waals surface area contributed by atoms with E-state index in [4.69, 9.17) is 4.74 Å². The SMILES string of the molecule is COc1ccc(C(NC(=O)C2CC2c2cccc(Br)c2)c2nccn2C)cc1. The van der Waals surface area contributed by atoms with Crippen molar-refractivity contribution < 1.29 is 9.53 Å². The number of nitrogens with one attached hydrogen (secondary N) is 1. The predicted octanol–water partition coefficient (Wildman–Crippen LogP) is 4.20. The van der Waals surface area contributed by atoms with Gasteiger partial charge in [-0.15, -0.1) is 0 Å². The van der Waals surface area contributed by atoms with E-state index in [9.17, 15) is 4.79 Å². The van der Waals surface area contributed by atoms with Gasteiger partial charge >= 0.3 is 0 Å². The zero-order chi connectivity index (χ0) is 19.7. The van der Waals surface area contributed by atoms with Gasteiger partial charge in [-0.1, -0.05) is 40.2 Å². The van der Waals surface area contributed by atoms with Gasteiger partial charge in [-0.3, -0.25) is 4.79 Å². The fourth-order valence-corrected chi connectivity index (χ4v) is 4.01. The van der Waals surface area contributed by atoms with Crippen LogP contribution < -0.4 is 10.1 Å². The molecule has 0 aliphatic heterocycles. The highest BCUT2D eigenvalue weighted by atomic mass is 79.9. The second kappa shape index (κ2) is 7.80. The predicted molar refractivity (Wildman–Crippen MR) is 111 cm³/mol. The van der Waals surface area contributed by atoms with Crippen LogP contribution in [0.2, 0.25) is 0 Å². The molecule has 1 aliphatic rings. The number of aromatic nitrogens is 2. The molecule has 2 aromatic carbocycles. The Morgan fingerprint density at radius 1 is 1.29 bits per heavy atom. The molecule has 1 fully saturated rings. The van der Waals surface area contributed by atoms with E-state index in [0.717, 1.165) is 28.0 Å². The van der Waals surface area contributed by atoms with Crippen molar-refractivity contribution in [3.63, 3.8) is 0 Å². The molecule has 1 aromatic heterocycles. The van der Waals surface area contributed by atoms with E-state index in [2.05, 4.69) is 38.4 Å². The molecule has 0 saturated heterocycles. The zero-order valence-electron chi connectivity index (χ0n) is 15.8. The van der Waals surface area contributed by atoms with Crippen molar-refractivity contribution in [1.82, 2.24) is 14.9 Å². The highest BCUT2D eigenvalue weighted by molar-refractivity contribution is 9.10. The van der Waals surface area contributed by atoms with E-state index in [1.165, 1.54) is 5.56 Å². The molecule has 0 bridgehead atoms. The molecular weight excluding hydrogens is 418 g/mol. The van der Waals surface area contributed by atoms with Gasteiger partial charge in [0.15, 0.2) is 0 Å². The van der Waals surface area contributed by atoms with Crippen LogP contribution in [0, 0.1) is 5.92 Å². The van der Waals surface area contributed by atoms with Crippen LogP contribution >= 0.6 is 15.9 Å². The second-order valence-electron chi connectivity index (χ2n) is 7.11. The minimum atomic E-state index is -0.304. The van der Waals surface area contributed by atoms with E-state index < -0.39 is 0 Å². The molecule has 6 heteroatoms. The van der Waals surface area contributed by atoms with Crippen molar-refractivity contribution >= 4 is 21.8 Å². The van der Waals surface area contributed by atoms with Crippen molar-refractivity contribution in [2.45, 2.75) is 18.4 Å². The highest BCUT2D eigenvalue weighted by Gasteiger charge is 2.44. The van der Waals surface area contributed by atoms with Crippen LogP contribution in [-0.4, -0.2) is 22.6 Å². The number of methoxy groups -OCH3 is 1. The van der Waals surface area contributed by atoms with Crippen LogP contribution in [0.25, 0.3) is 0 Å². The number of halogens is 1. The van der Waals surface area contributed by atoms with Crippen LogP contribution in [0.3, 0.4) is 0 Å². The molecule has 144 valence electrons. The third-order valence-corrected chi connectivity index (χ3v) is 5.75. The fraction of sp³-hybridized carbons (Fsp3) is 0.273. The Kier molecular flexibility index (Phi) is 5.22. The Morgan fingerprint density at radius 3 is 2.71 bits per heavy atom. The van der Waals surface area contributed by atoms with Gasteiger partial charge in [0.1, 0.15) is 17.6 Å². The summed E-state index contributed by atoms with van der Waals surface area (Å²) in [7, 11) is 3.58. The monoisotopic (exact) mass is 439 g/mol. The average Bonchev–Trinajstić information content (AvgIpc) is 3.41. The van der Waals surface area contributed by atoms with Crippen LogP contribution in [0.1, 0.15) is 35.3 Å². The van der Waals surface area contributed by atoms with Crippen molar-refractivity contribution in [3.05, 3.63) is 82.3 Å². The smallest absolute Gasteiger partial charge is 0.224 e. The summed E-state index contributed by atoms with van der Waals surface area (Å²) >= 11 is 3.51. The molecule has 4 rings (SSSR count). The summed E-state index contributed by atoms with van der Waals surface area (Å²) in [4.78, 5) is 17.5. The Morgan fingerprint density at radius 2 is 2.07 bits per heavy atom. The minimum Gasteiger partial charge on any atom is -0.497 e. The lowest BCUT2D eigenvalue weighted by atomic mass is 10.0. The number of rotatable bonds is 6.